The third-order valence-electron chi connectivity index (χ3n) is 7.07. The number of benzene rings is 4. The highest BCUT2D eigenvalue weighted by atomic mass is 19.1. The molecule has 0 amide bonds. The Labute approximate surface area is 214 Å². The average Bonchev–Trinajstić information content (AvgIpc) is 3.29. The highest BCUT2D eigenvalue weighted by Crippen LogP contribution is 2.42. The molecule has 37 heavy (non-hydrogen) atoms. The van der Waals surface area contributed by atoms with Gasteiger partial charge in [-0.3, -0.25) is 0 Å². The summed E-state index contributed by atoms with van der Waals surface area (Å²) in [4.78, 5) is 0. The highest BCUT2D eigenvalue weighted by Gasteiger charge is 2.23. The summed E-state index contributed by atoms with van der Waals surface area (Å²) in [6.07, 6.45) is 1.71. The van der Waals surface area contributed by atoms with E-state index in [1.807, 2.05) is 54.9 Å². The Kier molecular flexibility index (Phi) is 5.35. The molecule has 6 rings (SSSR count). The molecule has 3 nitrogen and oxygen atoms in total. The Hall–Kier alpha value is -4.75. The van der Waals surface area contributed by atoms with Crippen LogP contribution in [0.25, 0.3) is 55.4 Å². The average molecular weight is 484 g/mol. The summed E-state index contributed by atoms with van der Waals surface area (Å²) < 4.78 is 22.7. The van der Waals surface area contributed by atoms with Crippen LogP contribution in [0.3, 0.4) is 0 Å². The number of fused-ring (bicyclic) bond motifs is 3. The third kappa shape index (κ3) is 3.77. The minimum absolute atomic E-state index is 0.304. The molecular formula is C33H24FN2O+. The van der Waals surface area contributed by atoms with Gasteiger partial charge in [0.2, 0.25) is 5.69 Å². The number of aryl methyl sites for hydroxylation is 3. The Morgan fingerprint density at radius 3 is 2.00 bits per heavy atom. The number of halogens is 1. The maximum Gasteiger partial charge on any atom is 0.219 e. The summed E-state index contributed by atoms with van der Waals surface area (Å²) in [7, 11) is 1.89. The van der Waals surface area contributed by atoms with Crippen molar-refractivity contribution >= 4 is 21.9 Å². The molecule has 0 radical (unpaired) electrons. The van der Waals surface area contributed by atoms with Crippen molar-refractivity contribution < 1.29 is 13.4 Å². The molecule has 0 atom stereocenters. The molecule has 0 saturated heterocycles. The van der Waals surface area contributed by atoms with Gasteiger partial charge >= 0.3 is 0 Å². The predicted octanol–water partition coefficient (Wildman–Crippen LogP) is 8.04. The first-order valence-electron chi connectivity index (χ1n) is 12.2. The number of nitriles is 1. The fourth-order valence-electron chi connectivity index (χ4n) is 5.07. The Balaban J connectivity index is 1.59. The number of aromatic nitrogens is 1. The second kappa shape index (κ2) is 8.72. The van der Waals surface area contributed by atoms with E-state index in [9.17, 15) is 9.65 Å². The van der Waals surface area contributed by atoms with Gasteiger partial charge in [-0.1, -0.05) is 66.2 Å². The number of pyridine rings is 1. The van der Waals surface area contributed by atoms with Crippen LogP contribution in [0.4, 0.5) is 4.39 Å². The van der Waals surface area contributed by atoms with Gasteiger partial charge in [0.15, 0.2) is 6.20 Å². The van der Waals surface area contributed by atoms with Gasteiger partial charge in [-0.25, -0.2) is 8.96 Å². The molecule has 0 bridgehead atoms. The topological polar surface area (TPSA) is 40.8 Å². The number of rotatable bonds is 3. The van der Waals surface area contributed by atoms with Crippen molar-refractivity contribution in [3.8, 4) is 39.6 Å². The monoisotopic (exact) mass is 483 g/mol. The van der Waals surface area contributed by atoms with Crippen LogP contribution in [0, 0.1) is 31.0 Å². The lowest BCUT2D eigenvalue weighted by Crippen LogP contribution is -2.30. The van der Waals surface area contributed by atoms with E-state index in [0.717, 1.165) is 49.8 Å². The molecular weight excluding hydrogens is 459 g/mol. The molecule has 4 aromatic carbocycles. The number of nitrogens with zero attached hydrogens (tertiary/aromatic N) is 2. The van der Waals surface area contributed by atoms with Crippen LogP contribution in [-0.4, -0.2) is 0 Å². The zero-order valence-electron chi connectivity index (χ0n) is 20.8. The molecule has 4 heteroatoms. The zero-order chi connectivity index (χ0) is 25.7. The molecule has 178 valence electrons. The Bertz CT molecular complexity index is 1860. The summed E-state index contributed by atoms with van der Waals surface area (Å²) in [6.45, 7) is 4.07. The third-order valence-corrected chi connectivity index (χ3v) is 7.07. The largest absolute Gasteiger partial charge is 0.454 e. The first-order chi connectivity index (χ1) is 17.9. The van der Waals surface area contributed by atoms with Crippen LogP contribution in [0.2, 0.25) is 0 Å². The molecule has 0 spiro atoms. The van der Waals surface area contributed by atoms with Crippen LogP contribution in [0.5, 0.6) is 0 Å². The standard InChI is InChI=1S/C33H24FN2O/c1-20-4-7-22(8-5-20)23-9-11-24(12-10-23)31-25(19-35)13-15-28-27-14-6-21(2)30(32(27)37-33(28)31)29-18-26(34)16-17-36(29)3/h4-18H,1-3H3/q+1. The van der Waals surface area contributed by atoms with Crippen molar-refractivity contribution in [2.45, 2.75) is 13.8 Å². The van der Waals surface area contributed by atoms with Gasteiger partial charge in [0.25, 0.3) is 0 Å². The minimum Gasteiger partial charge on any atom is -0.454 e. The van der Waals surface area contributed by atoms with Crippen molar-refractivity contribution in [1.29, 1.82) is 5.26 Å². The van der Waals surface area contributed by atoms with Crippen molar-refractivity contribution in [2.75, 3.05) is 0 Å². The fraction of sp³-hybridized carbons (Fsp3) is 0.0909. The molecule has 0 aliphatic rings. The lowest BCUT2D eigenvalue weighted by Gasteiger charge is -2.08. The van der Waals surface area contributed by atoms with Crippen molar-refractivity contribution in [1.82, 2.24) is 0 Å². The number of furan rings is 1. The van der Waals surface area contributed by atoms with Crippen LogP contribution in [0.1, 0.15) is 16.7 Å². The van der Waals surface area contributed by atoms with Crippen LogP contribution < -0.4 is 4.57 Å². The molecule has 0 fully saturated rings. The van der Waals surface area contributed by atoms with E-state index < -0.39 is 0 Å². The normalized spacial score (nSPS) is 11.2. The maximum absolute atomic E-state index is 14.2. The molecule has 0 aliphatic heterocycles. The summed E-state index contributed by atoms with van der Waals surface area (Å²) in [5, 5.41) is 11.8. The lowest BCUT2D eigenvalue weighted by atomic mass is 9.94. The molecule has 0 aliphatic carbocycles. The number of hydrogen-bond donors (Lipinski definition) is 0. The number of hydrogen-bond acceptors (Lipinski definition) is 2. The molecule has 0 unspecified atom stereocenters. The smallest absolute Gasteiger partial charge is 0.219 e. The summed E-state index contributed by atoms with van der Waals surface area (Å²) >= 11 is 0. The highest BCUT2D eigenvalue weighted by molar-refractivity contribution is 6.14. The van der Waals surface area contributed by atoms with Crippen LogP contribution in [0.15, 0.2) is 95.5 Å². The van der Waals surface area contributed by atoms with E-state index in [-0.39, 0.29) is 5.82 Å². The molecule has 2 heterocycles. The van der Waals surface area contributed by atoms with E-state index in [1.54, 1.807) is 6.20 Å². The second-order valence-corrected chi connectivity index (χ2v) is 9.50. The van der Waals surface area contributed by atoms with Crippen molar-refractivity contribution in [3.63, 3.8) is 0 Å². The summed E-state index contributed by atoms with van der Waals surface area (Å²) in [5.41, 5.74) is 9.58. The van der Waals surface area contributed by atoms with Gasteiger partial charge in [0.1, 0.15) is 24.0 Å². The fourth-order valence-corrected chi connectivity index (χ4v) is 5.07. The van der Waals surface area contributed by atoms with Gasteiger partial charge in [0, 0.05) is 28.5 Å². The summed E-state index contributed by atoms with van der Waals surface area (Å²) in [5.74, 6) is -0.304. The Morgan fingerprint density at radius 1 is 0.730 bits per heavy atom. The van der Waals surface area contributed by atoms with Gasteiger partial charge in [-0.2, -0.15) is 5.26 Å². The van der Waals surface area contributed by atoms with Crippen LogP contribution in [-0.2, 0) is 7.05 Å². The van der Waals surface area contributed by atoms with Crippen LogP contribution >= 0.6 is 0 Å². The lowest BCUT2D eigenvalue weighted by molar-refractivity contribution is -0.660. The first-order valence-corrected chi connectivity index (χ1v) is 12.2. The zero-order valence-corrected chi connectivity index (χ0v) is 20.8. The SMILES string of the molecule is Cc1ccc(-c2ccc(-c3c(C#N)ccc4c3oc3c(-c5cc(F)cc[n+]5C)c(C)ccc34)cc2)cc1. The minimum atomic E-state index is -0.304. The van der Waals surface area contributed by atoms with Gasteiger partial charge in [-0.05, 0) is 48.2 Å². The van der Waals surface area contributed by atoms with Crippen molar-refractivity contribution in [2.24, 2.45) is 7.05 Å². The van der Waals surface area contributed by atoms with E-state index >= 15 is 0 Å². The molecule has 0 N–H and O–H groups in total. The second-order valence-electron chi connectivity index (χ2n) is 9.50. The van der Waals surface area contributed by atoms with E-state index in [2.05, 4.69) is 49.4 Å². The molecule has 6 aromatic rings. The van der Waals surface area contributed by atoms with Gasteiger partial charge < -0.3 is 4.42 Å². The molecule has 2 aromatic heterocycles. The predicted molar refractivity (Wildman–Crippen MR) is 145 cm³/mol. The van der Waals surface area contributed by atoms with Gasteiger partial charge in [0.05, 0.1) is 17.2 Å². The quantitative estimate of drug-likeness (QED) is 0.239. The Morgan fingerprint density at radius 2 is 1.32 bits per heavy atom. The summed E-state index contributed by atoms with van der Waals surface area (Å²) in [6, 6.07) is 29.8. The first kappa shape index (κ1) is 22.7. The molecule has 0 saturated carbocycles. The van der Waals surface area contributed by atoms with E-state index in [1.165, 1.54) is 17.7 Å². The maximum atomic E-state index is 14.2. The van der Waals surface area contributed by atoms with E-state index in [4.69, 9.17) is 4.42 Å². The van der Waals surface area contributed by atoms with Gasteiger partial charge in [-0.15, -0.1) is 0 Å². The van der Waals surface area contributed by atoms with Crippen molar-refractivity contribution in [3.05, 3.63) is 114 Å². The van der Waals surface area contributed by atoms with E-state index in [0.29, 0.717) is 16.7 Å².